The zero-order valence-electron chi connectivity index (χ0n) is 12.8. The molecule has 1 amide bonds. The number of nitrogens with one attached hydrogen (secondary N) is 2. The first-order valence-corrected chi connectivity index (χ1v) is 6.91. The van der Waals surface area contributed by atoms with Gasteiger partial charge in [0.1, 0.15) is 17.3 Å². The smallest absolute Gasteiger partial charge is 0.225 e. The lowest BCUT2D eigenvalue weighted by atomic mass is 10.2. The number of pyridine rings is 1. The fourth-order valence-corrected chi connectivity index (χ4v) is 1.84. The molecule has 116 valence electrons. The zero-order valence-corrected chi connectivity index (χ0v) is 12.8. The lowest BCUT2D eigenvalue weighted by molar-refractivity contribution is -0.115. The second kappa shape index (κ2) is 7.31. The molecule has 0 bridgehead atoms. The lowest BCUT2D eigenvalue weighted by Gasteiger charge is -2.12. The number of carbonyl (C=O) groups excluding carboxylic acids is 1. The molecule has 1 aromatic carbocycles. The number of anilines is 3. The Kier molecular flexibility index (Phi) is 5.19. The topological polar surface area (TPSA) is 72.5 Å². The molecule has 6 nitrogen and oxygen atoms in total. The van der Waals surface area contributed by atoms with Gasteiger partial charge in [-0.2, -0.15) is 0 Å². The predicted molar refractivity (Wildman–Crippen MR) is 86.0 cm³/mol. The summed E-state index contributed by atoms with van der Waals surface area (Å²) in [7, 11) is 3.22. The predicted octanol–water partition coefficient (Wildman–Crippen LogP) is 3.19. The van der Waals surface area contributed by atoms with Gasteiger partial charge in [-0.05, 0) is 24.3 Å². The SMILES string of the molecule is CCC(=O)Nc1ccc(Nc2cc(OC)ccc2OC)cn1. The molecule has 2 rings (SSSR count). The van der Waals surface area contributed by atoms with Crippen LogP contribution in [0, 0.1) is 0 Å². The van der Waals surface area contributed by atoms with Crippen LogP contribution in [0.1, 0.15) is 13.3 Å². The van der Waals surface area contributed by atoms with Crippen LogP contribution < -0.4 is 20.1 Å². The van der Waals surface area contributed by atoms with E-state index >= 15 is 0 Å². The number of aromatic nitrogens is 1. The number of carbonyl (C=O) groups is 1. The Morgan fingerprint density at radius 2 is 2.00 bits per heavy atom. The summed E-state index contributed by atoms with van der Waals surface area (Å²) in [4.78, 5) is 15.5. The number of methoxy groups -OCH3 is 2. The normalized spacial score (nSPS) is 9.95. The van der Waals surface area contributed by atoms with Crippen molar-refractivity contribution in [1.82, 2.24) is 4.98 Å². The van der Waals surface area contributed by atoms with Gasteiger partial charge in [0.25, 0.3) is 0 Å². The van der Waals surface area contributed by atoms with E-state index in [4.69, 9.17) is 9.47 Å². The van der Waals surface area contributed by atoms with Gasteiger partial charge < -0.3 is 20.1 Å². The molecule has 1 aromatic heterocycles. The Morgan fingerprint density at radius 1 is 1.18 bits per heavy atom. The highest BCUT2D eigenvalue weighted by molar-refractivity contribution is 5.89. The molecule has 0 saturated carbocycles. The fraction of sp³-hybridized carbons (Fsp3) is 0.250. The Labute approximate surface area is 129 Å². The minimum Gasteiger partial charge on any atom is -0.497 e. The van der Waals surface area contributed by atoms with Gasteiger partial charge >= 0.3 is 0 Å². The van der Waals surface area contributed by atoms with E-state index in [9.17, 15) is 4.79 Å². The number of ether oxygens (including phenoxy) is 2. The molecule has 2 aromatic rings. The summed E-state index contributed by atoms with van der Waals surface area (Å²) in [5.74, 6) is 1.88. The molecular weight excluding hydrogens is 282 g/mol. The first-order valence-electron chi connectivity index (χ1n) is 6.91. The maximum atomic E-state index is 11.3. The van der Waals surface area contributed by atoms with E-state index in [2.05, 4.69) is 15.6 Å². The van der Waals surface area contributed by atoms with E-state index in [-0.39, 0.29) is 5.91 Å². The maximum Gasteiger partial charge on any atom is 0.225 e. The van der Waals surface area contributed by atoms with E-state index in [1.54, 1.807) is 33.4 Å². The molecule has 0 aliphatic heterocycles. The number of benzene rings is 1. The summed E-state index contributed by atoms with van der Waals surface area (Å²) in [6, 6.07) is 9.06. The van der Waals surface area contributed by atoms with E-state index in [1.807, 2.05) is 24.3 Å². The van der Waals surface area contributed by atoms with Crippen molar-refractivity contribution in [3.05, 3.63) is 36.5 Å². The Hall–Kier alpha value is -2.76. The van der Waals surface area contributed by atoms with Crippen LogP contribution in [0.3, 0.4) is 0 Å². The minimum absolute atomic E-state index is 0.0670. The van der Waals surface area contributed by atoms with Crippen LogP contribution in [0.2, 0.25) is 0 Å². The van der Waals surface area contributed by atoms with Crippen molar-refractivity contribution >= 4 is 23.1 Å². The third-order valence-corrected chi connectivity index (χ3v) is 3.04. The Balaban J connectivity index is 2.15. The highest BCUT2D eigenvalue weighted by Gasteiger charge is 2.06. The van der Waals surface area contributed by atoms with Crippen LogP contribution in [-0.4, -0.2) is 25.1 Å². The highest BCUT2D eigenvalue weighted by Crippen LogP contribution is 2.31. The second-order valence-electron chi connectivity index (χ2n) is 4.53. The number of amides is 1. The van der Waals surface area contributed by atoms with Crippen LogP contribution in [0.15, 0.2) is 36.5 Å². The van der Waals surface area contributed by atoms with Gasteiger partial charge in [0, 0.05) is 12.5 Å². The van der Waals surface area contributed by atoms with Crippen LogP contribution in [-0.2, 0) is 4.79 Å². The summed E-state index contributed by atoms with van der Waals surface area (Å²) in [6.45, 7) is 1.79. The molecule has 0 unspecified atom stereocenters. The summed E-state index contributed by atoms with van der Waals surface area (Å²) in [5, 5.41) is 5.91. The van der Waals surface area contributed by atoms with Crippen LogP contribution in [0.4, 0.5) is 17.2 Å². The summed E-state index contributed by atoms with van der Waals surface area (Å²) in [5.41, 5.74) is 1.55. The Morgan fingerprint density at radius 3 is 2.59 bits per heavy atom. The highest BCUT2D eigenvalue weighted by atomic mass is 16.5. The first-order chi connectivity index (χ1) is 10.7. The van der Waals surface area contributed by atoms with Crippen molar-refractivity contribution < 1.29 is 14.3 Å². The van der Waals surface area contributed by atoms with Gasteiger partial charge in [-0.1, -0.05) is 6.92 Å². The van der Waals surface area contributed by atoms with Gasteiger partial charge in [-0.3, -0.25) is 4.79 Å². The standard InChI is InChI=1S/C16H19N3O3/c1-4-16(20)19-15-8-5-11(10-17-15)18-13-9-12(21-2)6-7-14(13)22-3/h5-10,18H,4H2,1-3H3,(H,17,19,20). The third kappa shape index (κ3) is 3.88. The summed E-state index contributed by atoms with van der Waals surface area (Å²) < 4.78 is 10.5. The molecule has 6 heteroatoms. The summed E-state index contributed by atoms with van der Waals surface area (Å²) in [6.07, 6.45) is 2.06. The quantitative estimate of drug-likeness (QED) is 0.857. The average molecular weight is 301 g/mol. The van der Waals surface area contributed by atoms with Gasteiger partial charge in [-0.15, -0.1) is 0 Å². The van der Waals surface area contributed by atoms with Crippen molar-refractivity contribution in [1.29, 1.82) is 0 Å². The zero-order chi connectivity index (χ0) is 15.9. The van der Waals surface area contributed by atoms with Crippen molar-refractivity contribution in [2.75, 3.05) is 24.9 Å². The van der Waals surface area contributed by atoms with Gasteiger partial charge in [-0.25, -0.2) is 4.98 Å². The third-order valence-electron chi connectivity index (χ3n) is 3.04. The van der Waals surface area contributed by atoms with Crippen LogP contribution in [0.5, 0.6) is 11.5 Å². The molecule has 0 spiro atoms. The largest absolute Gasteiger partial charge is 0.497 e. The molecule has 1 heterocycles. The van der Waals surface area contributed by atoms with E-state index < -0.39 is 0 Å². The fourth-order valence-electron chi connectivity index (χ4n) is 1.84. The van der Waals surface area contributed by atoms with Crippen LogP contribution >= 0.6 is 0 Å². The van der Waals surface area contributed by atoms with Gasteiger partial charge in [0.05, 0.1) is 31.8 Å². The van der Waals surface area contributed by atoms with E-state index in [1.165, 1.54) is 0 Å². The van der Waals surface area contributed by atoms with Crippen molar-refractivity contribution in [2.45, 2.75) is 13.3 Å². The number of hydrogen-bond donors (Lipinski definition) is 2. The second-order valence-corrected chi connectivity index (χ2v) is 4.53. The molecule has 0 saturated heterocycles. The average Bonchev–Trinajstić information content (AvgIpc) is 2.56. The molecule has 2 N–H and O–H groups in total. The van der Waals surface area contributed by atoms with Gasteiger partial charge in [0.2, 0.25) is 5.91 Å². The maximum absolute atomic E-state index is 11.3. The molecule has 0 radical (unpaired) electrons. The number of hydrogen-bond acceptors (Lipinski definition) is 5. The van der Waals surface area contributed by atoms with E-state index in [0.717, 1.165) is 17.1 Å². The molecule has 0 aliphatic carbocycles. The summed E-state index contributed by atoms with van der Waals surface area (Å²) >= 11 is 0. The Bertz CT molecular complexity index is 642. The van der Waals surface area contributed by atoms with Crippen molar-refractivity contribution in [2.24, 2.45) is 0 Å². The first kappa shape index (κ1) is 15.6. The number of rotatable bonds is 6. The van der Waals surface area contributed by atoms with Crippen molar-refractivity contribution in [3.63, 3.8) is 0 Å². The van der Waals surface area contributed by atoms with Gasteiger partial charge in [0.15, 0.2) is 0 Å². The molecule has 0 atom stereocenters. The number of nitrogens with zero attached hydrogens (tertiary/aromatic N) is 1. The molecule has 0 aliphatic rings. The lowest BCUT2D eigenvalue weighted by Crippen LogP contribution is -2.10. The monoisotopic (exact) mass is 301 g/mol. The molecular formula is C16H19N3O3. The molecule has 22 heavy (non-hydrogen) atoms. The van der Waals surface area contributed by atoms with E-state index in [0.29, 0.717) is 18.0 Å². The van der Waals surface area contributed by atoms with Crippen molar-refractivity contribution in [3.8, 4) is 11.5 Å². The van der Waals surface area contributed by atoms with Crippen LogP contribution in [0.25, 0.3) is 0 Å². The minimum atomic E-state index is -0.0670. The molecule has 0 fully saturated rings.